The average Bonchev–Trinajstić information content (AvgIpc) is 2.01. The first-order valence-corrected chi connectivity index (χ1v) is 4.18. The van der Waals surface area contributed by atoms with E-state index in [1.54, 1.807) is 6.08 Å². The van der Waals surface area contributed by atoms with Gasteiger partial charge in [0.25, 0.3) is 0 Å². The standard InChI is InChI=1S/C9H13F3N2/c1-7(2)3-4-14-6-8(5-13)9(10,11)12/h3,8,14H,4,6H2,1-2H3. The van der Waals surface area contributed by atoms with Gasteiger partial charge >= 0.3 is 6.18 Å². The number of allylic oxidation sites excluding steroid dienone is 1. The fraction of sp³-hybridized carbons (Fsp3) is 0.667. The molecule has 0 rings (SSSR count). The van der Waals surface area contributed by atoms with E-state index in [4.69, 9.17) is 5.26 Å². The third-order valence-electron chi connectivity index (χ3n) is 1.55. The van der Waals surface area contributed by atoms with Crippen LogP contribution in [0.1, 0.15) is 13.8 Å². The van der Waals surface area contributed by atoms with Gasteiger partial charge in [-0.1, -0.05) is 11.6 Å². The van der Waals surface area contributed by atoms with Crippen LogP contribution in [0.15, 0.2) is 11.6 Å². The fourth-order valence-corrected chi connectivity index (χ4v) is 0.739. The van der Waals surface area contributed by atoms with E-state index in [1.807, 2.05) is 13.8 Å². The molecule has 0 aliphatic heterocycles. The highest BCUT2D eigenvalue weighted by Gasteiger charge is 2.39. The van der Waals surface area contributed by atoms with Crippen molar-refractivity contribution in [2.75, 3.05) is 13.1 Å². The number of nitrogens with one attached hydrogen (secondary N) is 1. The van der Waals surface area contributed by atoms with Crippen LogP contribution in [0.5, 0.6) is 0 Å². The van der Waals surface area contributed by atoms with Gasteiger partial charge in [0, 0.05) is 13.1 Å². The minimum absolute atomic E-state index is 0.357. The maximum Gasteiger partial charge on any atom is 0.405 e. The summed E-state index contributed by atoms with van der Waals surface area (Å²) >= 11 is 0. The van der Waals surface area contributed by atoms with Crippen molar-refractivity contribution in [3.63, 3.8) is 0 Å². The first kappa shape index (κ1) is 13.0. The van der Waals surface area contributed by atoms with E-state index < -0.39 is 12.1 Å². The smallest absolute Gasteiger partial charge is 0.312 e. The lowest BCUT2D eigenvalue weighted by Crippen LogP contribution is -2.32. The van der Waals surface area contributed by atoms with Crippen LogP contribution in [0.4, 0.5) is 13.2 Å². The third-order valence-corrected chi connectivity index (χ3v) is 1.55. The molecular formula is C9H13F3N2. The number of nitriles is 1. The van der Waals surface area contributed by atoms with Crippen molar-refractivity contribution in [2.24, 2.45) is 5.92 Å². The summed E-state index contributed by atoms with van der Waals surface area (Å²) < 4.78 is 36.1. The number of rotatable bonds is 4. The van der Waals surface area contributed by atoms with E-state index in [-0.39, 0.29) is 6.54 Å². The van der Waals surface area contributed by atoms with Crippen molar-refractivity contribution in [1.82, 2.24) is 5.32 Å². The zero-order valence-corrected chi connectivity index (χ0v) is 8.15. The van der Waals surface area contributed by atoms with Crippen molar-refractivity contribution >= 4 is 0 Å². The van der Waals surface area contributed by atoms with Crippen LogP contribution in [0.25, 0.3) is 0 Å². The first-order valence-electron chi connectivity index (χ1n) is 4.18. The third kappa shape index (κ3) is 5.60. The molecule has 0 heterocycles. The van der Waals surface area contributed by atoms with Gasteiger partial charge in [-0.2, -0.15) is 18.4 Å². The zero-order valence-electron chi connectivity index (χ0n) is 8.15. The number of nitrogens with zero attached hydrogens (tertiary/aromatic N) is 1. The molecule has 80 valence electrons. The molecule has 2 nitrogen and oxygen atoms in total. The highest BCUT2D eigenvalue weighted by Crippen LogP contribution is 2.24. The molecule has 0 aromatic heterocycles. The largest absolute Gasteiger partial charge is 0.405 e. The molecule has 0 fully saturated rings. The van der Waals surface area contributed by atoms with Crippen LogP contribution in [-0.2, 0) is 0 Å². The molecule has 1 atom stereocenters. The Bertz CT molecular complexity index is 233. The summed E-state index contributed by atoms with van der Waals surface area (Å²) in [6.45, 7) is 3.71. The van der Waals surface area contributed by atoms with E-state index in [0.717, 1.165) is 5.57 Å². The molecule has 0 spiro atoms. The molecule has 14 heavy (non-hydrogen) atoms. The Morgan fingerprint density at radius 2 is 2.07 bits per heavy atom. The molecule has 0 aliphatic rings. The van der Waals surface area contributed by atoms with Crippen LogP contribution < -0.4 is 5.32 Å². The number of hydrogen-bond acceptors (Lipinski definition) is 2. The van der Waals surface area contributed by atoms with Gasteiger partial charge in [0.2, 0.25) is 0 Å². The second-order valence-electron chi connectivity index (χ2n) is 3.16. The first-order chi connectivity index (χ1) is 6.38. The van der Waals surface area contributed by atoms with Gasteiger partial charge in [0.15, 0.2) is 5.92 Å². The normalized spacial score (nSPS) is 13.1. The van der Waals surface area contributed by atoms with Crippen LogP contribution >= 0.6 is 0 Å². The molecular weight excluding hydrogens is 193 g/mol. The van der Waals surface area contributed by atoms with Crippen LogP contribution in [-0.4, -0.2) is 19.3 Å². The fourth-order valence-electron chi connectivity index (χ4n) is 0.739. The Hall–Kier alpha value is -1.02. The highest BCUT2D eigenvalue weighted by atomic mass is 19.4. The molecule has 1 N–H and O–H groups in total. The monoisotopic (exact) mass is 206 g/mol. The van der Waals surface area contributed by atoms with E-state index >= 15 is 0 Å². The van der Waals surface area contributed by atoms with Gasteiger partial charge < -0.3 is 5.32 Å². The van der Waals surface area contributed by atoms with Crippen LogP contribution in [0.3, 0.4) is 0 Å². The lowest BCUT2D eigenvalue weighted by atomic mass is 10.1. The van der Waals surface area contributed by atoms with E-state index in [2.05, 4.69) is 5.32 Å². The lowest BCUT2D eigenvalue weighted by Gasteiger charge is -2.12. The molecule has 1 unspecified atom stereocenters. The Labute approximate surface area is 81.4 Å². The number of hydrogen-bond donors (Lipinski definition) is 1. The summed E-state index contributed by atoms with van der Waals surface area (Å²) in [4.78, 5) is 0. The predicted molar refractivity (Wildman–Crippen MR) is 47.5 cm³/mol. The molecule has 0 saturated carbocycles. The van der Waals surface area contributed by atoms with E-state index in [1.165, 1.54) is 6.07 Å². The second-order valence-corrected chi connectivity index (χ2v) is 3.16. The minimum Gasteiger partial charge on any atom is -0.312 e. The summed E-state index contributed by atoms with van der Waals surface area (Å²) in [6.07, 6.45) is -2.67. The summed E-state index contributed by atoms with van der Waals surface area (Å²) in [6, 6.07) is 1.22. The SMILES string of the molecule is CC(C)=CCNCC(C#N)C(F)(F)F. The van der Waals surface area contributed by atoms with Gasteiger partial charge in [-0.25, -0.2) is 0 Å². The Balaban J connectivity index is 3.89. The van der Waals surface area contributed by atoms with E-state index in [0.29, 0.717) is 6.54 Å². The Morgan fingerprint density at radius 3 is 2.43 bits per heavy atom. The second kappa shape index (κ2) is 5.66. The van der Waals surface area contributed by atoms with Crippen LogP contribution in [0.2, 0.25) is 0 Å². The van der Waals surface area contributed by atoms with Gasteiger partial charge in [0.05, 0.1) is 6.07 Å². The molecule has 0 aromatic carbocycles. The molecule has 0 bridgehead atoms. The van der Waals surface area contributed by atoms with Crippen LogP contribution in [0, 0.1) is 17.2 Å². The molecule has 0 radical (unpaired) electrons. The van der Waals surface area contributed by atoms with Crippen molar-refractivity contribution in [2.45, 2.75) is 20.0 Å². The van der Waals surface area contributed by atoms with Crippen molar-refractivity contribution in [1.29, 1.82) is 5.26 Å². The zero-order chi connectivity index (χ0) is 11.2. The topological polar surface area (TPSA) is 35.8 Å². The van der Waals surface area contributed by atoms with E-state index in [9.17, 15) is 13.2 Å². The summed E-state index contributed by atoms with van der Waals surface area (Å²) in [7, 11) is 0. The average molecular weight is 206 g/mol. The quantitative estimate of drug-likeness (QED) is 0.565. The molecule has 0 amide bonds. The van der Waals surface area contributed by atoms with Crippen molar-refractivity contribution in [3.8, 4) is 6.07 Å². The molecule has 0 saturated heterocycles. The van der Waals surface area contributed by atoms with Gasteiger partial charge in [-0.05, 0) is 13.8 Å². The molecule has 0 aromatic rings. The maximum atomic E-state index is 12.0. The number of alkyl halides is 3. The summed E-state index contributed by atoms with van der Waals surface area (Å²) in [5, 5.41) is 10.8. The van der Waals surface area contributed by atoms with Crippen molar-refractivity contribution in [3.05, 3.63) is 11.6 Å². The Morgan fingerprint density at radius 1 is 1.50 bits per heavy atom. The predicted octanol–water partition coefficient (Wildman–Crippen LogP) is 2.24. The number of halogens is 3. The summed E-state index contributed by atoms with van der Waals surface area (Å²) in [5.41, 5.74) is 1.03. The summed E-state index contributed by atoms with van der Waals surface area (Å²) in [5.74, 6) is -1.92. The van der Waals surface area contributed by atoms with Crippen molar-refractivity contribution < 1.29 is 13.2 Å². The lowest BCUT2D eigenvalue weighted by molar-refractivity contribution is -0.157. The van der Waals surface area contributed by atoms with Gasteiger partial charge in [-0.3, -0.25) is 0 Å². The highest BCUT2D eigenvalue weighted by molar-refractivity contribution is 4.96. The molecule has 0 aliphatic carbocycles. The minimum atomic E-state index is -4.44. The van der Waals surface area contributed by atoms with Gasteiger partial charge in [0.1, 0.15) is 0 Å². The maximum absolute atomic E-state index is 12.0. The Kier molecular flexibility index (Phi) is 5.24. The van der Waals surface area contributed by atoms with Gasteiger partial charge in [-0.15, -0.1) is 0 Å². The molecule has 5 heteroatoms.